The fraction of sp³-hybridized carbons (Fsp3) is 0.231. The number of likely N-dealkylation sites (N-methyl/N-ethyl adjacent to an activating group) is 1. The van der Waals surface area contributed by atoms with Crippen LogP contribution in [0.2, 0.25) is 5.02 Å². The van der Waals surface area contributed by atoms with Crippen molar-refractivity contribution >= 4 is 39.1 Å². The lowest BCUT2D eigenvalue weighted by Gasteiger charge is -2.31. The van der Waals surface area contributed by atoms with Crippen LogP contribution in [0.3, 0.4) is 0 Å². The van der Waals surface area contributed by atoms with Gasteiger partial charge in [-0.2, -0.15) is 0 Å². The van der Waals surface area contributed by atoms with Crippen LogP contribution in [0.15, 0.2) is 77.7 Å². The van der Waals surface area contributed by atoms with E-state index in [4.69, 9.17) is 11.6 Å². The third-order valence-electron chi connectivity index (χ3n) is 5.66. The van der Waals surface area contributed by atoms with Gasteiger partial charge >= 0.3 is 0 Å². The van der Waals surface area contributed by atoms with E-state index in [1.54, 1.807) is 43.3 Å². The zero-order valence-corrected chi connectivity index (χ0v) is 21.7. The lowest BCUT2D eigenvalue weighted by molar-refractivity contribution is -0.139. The van der Waals surface area contributed by atoms with Gasteiger partial charge in [-0.25, -0.2) is 12.8 Å². The lowest BCUT2D eigenvalue weighted by Crippen LogP contribution is -2.50. The molecule has 10 heteroatoms. The molecule has 36 heavy (non-hydrogen) atoms. The van der Waals surface area contributed by atoms with Crippen LogP contribution in [0, 0.1) is 12.7 Å². The molecule has 0 saturated carbocycles. The third kappa shape index (κ3) is 6.41. The van der Waals surface area contributed by atoms with E-state index in [-0.39, 0.29) is 17.1 Å². The maximum absolute atomic E-state index is 13.6. The number of nitrogens with one attached hydrogen (secondary N) is 1. The number of nitrogens with zero attached hydrogens (tertiary/aromatic N) is 2. The number of hydrogen-bond donors (Lipinski definition) is 1. The van der Waals surface area contributed by atoms with E-state index < -0.39 is 40.2 Å². The summed E-state index contributed by atoms with van der Waals surface area (Å²) in [5, 5.41) is 2.98. The molecule has 0 heterocycles. The summed E-state index contributed by atoms with van der Waals surface area (Å²) in [5.41, 5.74) is 1.65. The molecule has 3 aromatic carbocycles. The Morgan fingerprint density at radius 1 is 1.03 bits per heavy atom. The lowest BCUT2D eigenvalue weighted by atomic mass is 10.1. The molecule has 3 rings (SSSR count). The molecule has 1 N–H and O–H groups in total. The van der Waals surface area contributed by atoms with Gasteiger partial charge in [0, 0.05) is 18.6 Å². The second kappa shape index (κ2) is 11.5. The fourth-order valence-corrected chi connectivity index (χ4v) is 5.22. The van der Waals surface area contributed by atoms with Crippen molar-refractivity contribution in [2.24, 2.45) is 0 Å². The van der Waals surface area contributed by atoms with Gasteiger partial charge in [0.15, 0.2) is 0 Å². The Morgan fingerprint density at radius 2 is 1.67 bits per heavy atom. The van der Waals surface area contributed by atoms with E-state index in [2.05, 4.69) is 5.32 Å². The maximum atomic E-state index is 13.6. The molecule has 0 spiro atoms. The minimum atomic E-state index is -4.20. The number of rotatable bonds is 9. The Bertz CT molecular complexity index is 1330. The second-order valence-electron chi connectivity index (χ2n) is 8.24. The smallest absolute Gasteiger partial charge is 0.264 e. The third-order valence-corrected chi connectivity index (χ3v) is 7.68. The van der Waals surface area contributed by atoms with Gasteiger partial charge in [-0.15, -0.1) is 0 Å². The summed E-state index contributed by atoms with van der Waals surface area (Å²) in [6, 6.07) is 16.9. The highest BCUT2D eigenvalue weighted by Gasteiger charge is 2.32. The zero-order valence-electron chi connectivity index (χ0n) is 20.1. The summed E-state index contributed by atoms with van der Waals surface area (Å²) in [7, 11) is -2.75. The van der Waals surface area contributed by atoms with Crippen molar-refractivity contribution in [1.29, 1.82) is 0 Å². The first-order chi connectivity index (χ1) is 17.0. The van der Waals surface area contributed by atoms with Crippen molar-refractivity contribution in [3.63, 3.8) is 0 Å². The molecule has 0 radical (unpaired) electrons. The average Bonchev–Trinajstić information content (AvgIpc) is 2.85. The topological polar surface area (TPSA) is 86.8 Å². The summed E-state index contributed by atoms with van der Waals surface area (Å²) in [6.07, 6.45) is 0. The molecule has 0 aliphatic rings. The molecule has 0 fully saturated rings. The van der Waals surface area contributed by atoms with Crippen LogP contribution in [0.1, 0.15) is 18.1 Å². The molecule has 1 atom stereocenters. The number of aryl methyl sites for hydroxylation is 1. The predicted octanol–water partition coefficient (Wildman–Crippen LogP) is 4.15. The number of benzene rings is 3. The van der Waals surface area contributed by atoms with E-state index >= 15 is 0 Å². The Morgan fingerprint density at radius 3 is 2.25 bits per heavy atom. The first-order valence-electron chi connectivity index (χ1n) is 11.1. The van der Waals surface area contributed by atoms with Gasteiger partial charge in [-0.05, 0) is 67.9 Å². The van der Waals surface area contributed by atoms with Crippen LogP contribution in [0.5, 0.6) is 0 Å². The molecule has 2 amide bonds. The standard InChI is InChI=1S/C26H27ClFN3O4S/c1-18-7-13-24(14-8-18)36(34,35)31(23-11-9-22(28)10-12-23)17-25(32)30(19(2)26(33)29-3)16-20-5-4-6-21(27)15-20/h4-15,19H,16-17H2,1-3H3,(H,29,33)/t19-/m1/s1. The summed E-state index contributed by atoms with van der Waals surface area (Å²) in [4.78, 5) is 27.3. The van der Waals surface area contributed by atoms with Crippen LogP contribution in [0.25, 0.3) is 0 Å². The van der Waals surface area contributed by atoms with Crippen LogP contribution >= 0.6 is 11.6 Å². The second-order valence-corrected chi connectivity index (χ2v) is 10.5. The Labute approximate surface area is 215 Å². The van der Waals surface area contributed by atoms with Crippen LogP contribution in [0.4, 0.5) is 10.1 Å². The number of anilines is 1. The van der Waals surface area contributed by atoms with Crippen molar-refractivity contribution in [3.8, 4) is 0 Å². The van der Waals surface area contributed by atoms with E-state index in [1.807, 2.05) is 6.92 Å². The number of carbonyl (C=O) groups is 2. The predicted molar refractivity (Wildman–Crippen MR) is 138 cm³/mol. The molecule has 7 nitrogen and oxygen atoms in total. The quantitative estimate of drug-likeness (QED) is 0.449. The van der Waals surface area contributed by atoms with Crippen molar-refractivity contribution < 1.29 is 22.4 Å². The van der Waals surface area contributed by atoms with Gasteiger partial charge in [0.1, 0.15) is 18.4 Å². The minimum Gasteiger partial charge on any atom is -0.357 e. The summed E-state index contributed by atoms with van der Waals surface area (Å²) in [5.74, 6) is -1.58. The average molecular weight is 532 g/mol. The normalized spacial score (nSPS) is 12.0. The summed E-state index contributed by atoms with van der Waals surface area (Å²) >= 11 is 6.09. The largest absolute Gasteiger partial charge is 0.357 e. The first-order valence-corrected chi connectivity index (χ1v) is 12.9. The van der Waals surface area contributed by atoms with Crippen LogP contribution in [-0.4, -0.2) is 44.8 Å². The number of hydrogen-bond acceptors (Lipinski definition) is 4. The number of halogens is 2. The fourth-order valence-electron chi connectivity index (χ4n) is 3.60. The van der Waals surface area contributed by atoms with E-state index in [1.165, 1.54) is 36.2 Å². The van der Waals surface area contributed by atoms with Gasteiger partial charge in [-0.3, -0.25) is 13.9 Å². The molecule has 0 unspecified atom stereocenters. The van der Waals surface area contributed by atoms with Crippen molar-refractivity contribution in [1.82, 2.24) is 10.2 Å². The van der Waals surface area contributed by atoms with Crippen molar-refractivity contribution in [3.05, 3.63) is 94.8 Å². The molecular weight excluding hydrogens is 505 g/mol. The first kappa shape index (κ1) is 27.2. The molecule has 3 aromatic rings. The molecule has 190 valence electrons. The Kier molecular flexibility index (Phi) is 8.70. The molecule has 0 aliphatic carbocycles. The van der Waals surface area contributed by atoms with E-state index in [0.29, 0.717) is 10.6 Å². The van der Waals surface area contributed by atoms with Gasteiger partial charge in [0.2, 0.25) is 11.8 Å². The minimum absolute atomic E-state index is 0.0223. The van der Waals surface area contributed by atoms with Crippen LogP contribution in [-0.2, 0) is 26.2 Å². The van der Waals surface area contributed by atoms with Gasteiger partial charge in [-0.1, -0.05) is 41.4 Å². The maximum Gasteiger partial charge on any atom is 0.264 e. The van der Waals surface area contributed by atoms with Crippen molar-refractivity contribution in [2.75, 3.05) is 17.9 Å². The SMILES string of the molecule is CNC(=O)[C@@H](C)N(Cc1cccc(Cl)c1)C(=O)CN(c1ccc(F)cc1)S(=O)(=O)c1ccc(C)cc1. The van der Waals surface area contributed by atoms with Crippen LogP contribution < -0.4 is 9.62 Å². The number of amides is 2. The van der Waals surface area contributed by atoms with Gasteiger partial charge < -0.3 is 10.2 Å². The monoisotopic (exact) mass is 531 g/mol. The molecule has 0 aliphatic heterocycles. The molecule has 0 aromatic heterocycles. The zero-order chi connectivity index (χ0) is 26.5. The number of carbonyl (C=O) groups excluding carboxylic acids is 2. The van der Waals surface area contributed by atoms with Gasteiger partial charge in [0.25, 0.3) is 10.0 Å². The highest BCUT2D eigenvalue weighted by molar-refractivity contribution is 7.92. The summed E-state index contributed by atoms with van der Waals surface area (Å²) in [6.45, 7) is 2.79. The molecular formula is C26H27ClFN3O4S. The Hall–Kier alpha value is -3.43. The van der Waals surface area contributed by atoms with E-state index in [9.17, 15) is 22.4 Å². The van der Waals surface area contributed by atoms with E-state index in [0.717, 1.165) is 22.0 Å². The van der Waals surface area contributed by atoms with Gasteiger partial charge in [0.05, 0.1) is 10.6 Å². The number of sulfonamides is 1. The molecule has 0 saturated heterocycles. The Balaban J connectivity index is 2.02. The summed E-state index contributed by atoms with van der Waals surface area (Å²) < 4.78 is 41.8. The molecule has 0 bridgehead atoms. The van der Waals surface area contributed by atoms with Crippen molar-refractivity contribution in [2.45, 2.75) is 31.3 Å². The highest BCUT2D eigenvalue weighted by Crippen LogP contribution is 2.25. The highest BCUT2D eigenvalue weighted by atomic mass is 35.5.